The average Bonchev–Trinajstić information content (AvgIpc) is 2.44. The van der Waals surface area contributed by atoms with Gasteiger partial charge in [0.1, 0.15) is 6.54 Å². The first-order valence-electron chi connectivity index (χ1n) is 7.06. The van der Waals surface area contributed by atoms with Crippen LogP contribution in [0.4, 0.5) is 0 Å². The summed E-state index contributed by atoms with van der Waals surface area (Å²) in [5.41, 5.74) is 0.959. The summed E-state index contributed by atoms with van der Waals surface area (Å²) in [6.07, 6.45) is 0.426. The summed E-state index contributed by atoms with van der Waals surface area (Å²) < 4.78 is 30.8. The van der Waals surface area contributed by atoms with Crippen LogP contribution in [0.25, 0.3) is 0 Å². The number of aryl methyl sites for hydroxylation is 1. The number of ether oxygens (including phenoxy) is 1. The van der Waals surface area contributed by atoms with Gasteiger partial charge in [-0.2, -0.15) is 4.31 Å². The van der Waals surface area contributed by atoms with Gasteiger partial charge in [0.2, 0.25) is 10.0 Å². The van der Waals surface area contributed by atoms with Crippen molar-refractivity contribution in [3.63, 3.8) is 0 Å². The van der Waals surface area contributed by atoms with Crippen LogP contribution in [0.3, 0.4) is 0 Å². The minimum atomic E-state index is -3.50. The number of carbonyl (C=O) groups is 1. The molecule has 0 saturated heterocycles. The molecule has 0 unspecified atom stereocenters. The second-order valence-corrected chi connectivity index (χ2v) is 7.04. The van der Waals surface area contributed by atoms with Crippen LogP contribution in [0.1, 0.15) is 26.3 Å². The lowest BCUT2D eigenvalue weighted by molar-refractivity contribution is -0.143. The molecule has 0 aliphatic rings. The van der Waals surface area contributed by atoms with Gasteiger partial charge in [-0.25, -0.2) is 8.42 Å². The fourth-order valence-electron chi connectivity index (χ4n) is 1.94. The molecule has 0 saturated carbocycles. The zero-order valence-electron chi connectivity index (χ0n) is 12.8. The van der Waals surface area contributed by atoms with E-state index in [1.807, 2.05) is 30.3 Å². The number of carbonyl (C=O) groups excluding carboxylic acids is 1. The number of nitrogens with zero attached hydrogens (tertiary/aromatic N) is 1. The highest BCUT2D eigenvalue weighted by Gasteiger charge is 2.27. The molecule has 0 aliphatic carbocycles. The number of hydrogen-bond donors (Lipinski definition) is 0. The van der Waals surface area contributed by atoms with E-state index in [2.05, 4.69) is 0 Å². The zero-order valence-corrected chi connectivity index (χ0v) is 13.6. The first-order chi connectivity index (χ1) is 9.86. The van der Waals surface area contributed by atoms with E-state index in [-0.39, 0.29) is 24.9 Å². The lowest BCUT2D eigenvalue weighted by Crippen LogP contribution is -2.42. The first-order valence-corrected chi connectivity index (χ1v) is 8.66. The van der Waals surface area contributed by atoms with Crippen LogP contribution in [0, 0.1) is 0 Å². The van der Waals surface area contributed by atoms with Gasteiger partial charge in [-0.1, -0.05) is 30.3 Å². The number of benzene rings is 1. The van der Waals surface area contributed by atoms with E-state index in [9.17, 15) is 13.2 Å². The molecule has 21 heavy (non-hydrogen) atoms. The fourth-order valence-corrected chi connectivity index (χ4v) is 3.62. The highest BCUT2D eigenvalue weighted by molar-refractivity contribution is 7.89. The van der Waals surface area contributed by atoms with Crippen LogP contribution < -0.4 is 0 Å². The number of esters is 1. The SMILES string of the molecule is CCOC(=O)CN(C(C)C)S(=O)(=O)CCc1ccccc1. The molecule has 0 bridgehead atoms. The van der Waals surface area contributed by atoms with Gasteiger partial charge in [-0.3, -0.25) is 4.79 Å². The molecule has 1 rings (SSSR count). The third-order valence-electron chi connectivity index (χ3n) is 3.02. The van der Waals surface area contributed by atoms with Crippen LogP contribution in [0.5, 0.6) is 0 Å². The minimum Gasteiger partial charge on any atom is -0.465 e. The van der Waals surface area contributed by atoms with Crippen molar-refractivity contribution in [3.8, 4) is 0 Å². The Morgan fingerprint density at radius 3 is 2.38 bits per heavy atom. The van der Waals surface area contributed by atoms with Crippen molar-refractivity contribution in [1.82, 2.24) is 4.31 Å². The molecule has 0 aliphatic heterocycles. The van der Waals surface area contributed by atoms with Gasteiger partial charge in [-0.05, 0) is 32.8 Å². The van der Waals surface area contributed by atoms with Crippen molar-refractivity contribution in [3.05, 3.63) is 35.9 Å². The van der Waals surface area contributed by atoms with E-state index in [0.29, 0.717) is 6.42 Å². The van der Waals surface area contributed by atoms with Gasteiger partial charge in [0.05, 0.1) is 12.4 Å². The maximum atomic E-state index is 12.4. The lowest BCUT2D eigenvalue weighted by Gasteiger charge is -2.24. The molecule has 0 spiro atoms. The normalized spacial score (nSPS) is 11.9. The van der Waals surface area contributed by atoms with Gasteiger partial charge >= 0.3 is 5.97 Å². The molecule has 0 radical (unpaired) electrons. The van der Waals surface area contributed by atoms with Crippen molar-refractivity contribution in [2.24, 2.45) is 0 Å². The largest absolute Gasteiger partial charge is 0.465 e. The highest BCUT2D eigenvalue weighted by atomic mass is 32.2. The summed E-state index contributed by atoms with van der Waals surface area (Å²) in [7, 11) is -3.50. The number of hydrogen-bond acceptors (Lipinski definition) is 4. The van der Waals surface area contributed by atoms with Crippen molar-refractivity contribution in [2.75, 3.05) is 18.9 Å². The second kappa shape index (κ2) is 8.14. The molecule has 1 aromatic carbocycles. The van der Waals surface area contributed by atoms with E-state index in [0.717, 1.165) is 5.56 Å². The Balaban J connectivity index is 2.73. The average molecular weight is 313 g/mol. The molecule has 0 N–H and O–H groups in total. The van der Waals surface area contributed by atoms with Gasteiger partial charge < -0.3 is 4.74 Å². The topological polar surface area (TPSA) is 63.7 Å². The Hall–Kier alpha value is -1.40. The van der Waals surface area contributed by atoms with Crippen molar-refractivity contribution < 1.29 is 17.9 Å². The summed E-state index contributed by atoms with van der Waals surface area (Å²) in [6.45, 7) is 5.21. The van der Waals surface area contributed by atoms with E-state index < -0.39 is 16.0 Å². The Labute approximate surface area is 127 Å². The fraction of sp³-hybridized carbons (Fsp3) is 0.533. The molecule has 0 heterocycles. The lowest BCUT2D eigenvalue weighted by atomic mass is 10.2. The predicted octanol–water partition coefficient (Wildman–Crippen LogP) is 1.83. The minimum absolute atomic E-state index is 0.0192. The third-order valence-corrected chi connectivity index (χ3v) is 5.00. The maximum absolute atomic E-state index is 12.4. The standard InChI is InChI=1S/C15H23NO4S/c1-4-20-15(17)12-16(13(2)3)21(18,19)11-10-14-8-6-5-7-9-14/h5-9,13H,4,10-12H2,1-3H3. The summed E-state index contributed by atoms with van der Waals surface area (Å²) in [5.74, 6) is -0.538. The molecule has 5 nitrogen and oxygen atoms in total. The number of sulfonamides is 1. The van der Waals surface area contributed by atoms with Crippen molar-refractivity contribution in [2.45, 2.75) is 33.2 Å². The maximum Gasteiger partial charge on any atom is 0.321 e. The van der Waals surface area contributed by atoms with Crippen LogP contribution in [0.15, 0.2) is 30.3 Å². The smallest absolute Gasteiger partial charge is 0.321 e. The summed E-state index contributed by atoms with van der Waals surface area (Å²) in [4.78, 5) is 11.6. The Morgan fingerprint density at radius 1 is 1.24 bits per heavy atom. The first kappa shape index (κ1) is 17.7. The Morgan fingerprint density at radius 2 is 1.86 bits per heavy atom. The Bertz CT molecular complexity index is 540. The molecule has 6 heteroatoms. The predicted molar refractivity (Wildman–Crippen MR) is 82.4 cm³/mol. The molecule has 1 aromatic rings. The van der Waals surface area contributed by atoms with Crippen LogP contribution in [-0.4, -0.2) is 43.6 Å². The van der Waals surface area contributed by atoms with Crippen LogP contribution in [-0.2, 0) is 26.0 Å². The molecular weight excluding hydrogens is 290 g/mol. The molecular formula is C15H23NO4S. The van der Waals surface area contributed by atoms with Crippen molar-refractivity contribution in [1.29, 1.82) is 0 Å². The summed E-state index contributed by atoms with van der Waals surface area (Å²) >= 11 is 0. The van der Waals surface area contributed by atoms with Crippen LogP contribution in [0.2, 0.25) is 0 Å². The second-order valence-electron chi connectivity index (χ2n) is 5.00. The van der Waals surface area contributed by atoms with Gasteiger partial charge in [0, 0.05) is 6.04 Å². The Kier molecular flexibility index (Phi) is 6.84. The van der Waals surface area contributed by atoms with Gasteiger partial charge in [0.25, 0.3) is 0 Å². The molecule has 0 aromatic heterocycles. The number of rotatable bonds is 8. The van der Waals surface area contributed by atoms with Crippen LogP contribution >= 0.6 is 0 Å². The van der Waals surface area contributed by atoms with E-state index in [1.54, 1.807) is 20.8 Å². The summed E-state index contributed by atoms with van der Waals surface area (Å²) in [5, 5.41) is 0. The third kappa shape index (κ3) is 5.85. The highest BCUT2D eigenvalue weighted by Crippen LogP contribution is 2.11. The van der Waals surface area contributed by atoms with E-state index in [1.165, 1.54) is 4.31 Å². The van der Waals surface area contributed by atoms with Crippen molar-refractivity contribution >= 4 is 16.0 Å². The molecule has 118 valence electrons. The molecule has 0 amide bonds. The molecule has 0 fully saturated rings. The van der Waals surface area contributed by atoms with Gasteiger partial charge in [-0.15, -0.1) is 0 Å². The summed E-state index contributed by atoms with van der Waals surface area (Å²) in [6, 6.07) is 9.14. The quantitative estimate of drug-likeness (QED) is 0.687. The van der Waals surface area contributed by atoms with E-state index >= 15 is 0 Å². The van der Waals surface area contributed by atoms with E-state index in [4.69, 9.17) is 4.74 Å². The molecule has 0 atom stereocenters. The van der Waals surface area contributed by atoms with Gasteiger partial charge in [0.15, 0.2) is 0 Å². The monoisotopic (exact) mass is 313 g/mol. The zero-order chi connectivity index (χ0) is 15.9.